The molecule has 0 aliphatic carbocycles. The van der Waals surface area contributed by atoms with E-state index in [9.17, 15) is 14.7 Å². The second kappa shape index (κ2) is 14.2. The first kappa shape index (κ1) is 22.9. The molecule has 0 heterocycles. The van der Waals surface area contributed by atoms with Crippen LogP contribution in [-0.2, 0) is 9.59 Å². The molecule has 0 aromatic heterocycles. The van der Waals surface area contributed by atoms with E-state index in [4.69, 9.17) is 15.3 Å². The molecule has 0 bridgehead atoms. The zero-order valence-corrected chi connectivity index (χ0v) is 14.7. The molecule has 142 valence electrons. The van der Waals surface area contributed by atoms with Crippen LogP contribution >= 0.6 is 0 Å². The first-order valence-corrected chi connectivity index (χ1v) is 9.15. The number of aliphatic hydroxyl groups is 2. The number of carboxylic acids is 2. The molecule has 0 fully saturated rings. The summed E-state index contributed by atoms with van der Waals surface area (Å²) in [5, 5.41) is 36.2. The Labute approximate surface area is 144 Å². The van der Waals surface area contributed by atoms with E-state index < -0.39 is 17.4 Å². The number of carbonyl (C=O) groups is 2. The Bertz CT molecular complexity index is 328. The SMILES string of the molecule is O=C(O)CCCC(CCCCCCO)(CCCCCCO)C(=O)O. The summed E-state index contributed by atoms with van der Waals surface area (Å²) < 4.78 is 0. The minimum absolute atomic E-state index is 0.00402. The molecule has 4 N–H and O–H groups in total. The standard InChI is InChI=1S/C18H34O6/c19-14-7-3-1-5-11-18(17(23)24,13-9-10-16(21)22)12-6-2-4-8-15-20/h19-20H,1-15H2,(H,21,22)(H,23,24). The molecule has 6 nitrogen and oxygen atoms in total. The van der Waals surface area contributed by atoms with Gasteiger partial charge in [-0.3, -0.25) is 9.59 Å². The van der Waals surface area contributed by atoms with Gasteiger partial charge in [0.1, 0.15) is 0 Å². The Morgan fingerprint density at radius 2 is 1.04 bits per heavy atom. The van der Waals surface area contributed by atoms with Crippen LogP contribution in [0, 0.1) is 5.41 Å². The molecule has 0 amide bonds. The number of carboxylic acid groups (broad SMARTS) is 2. The summed E-state index contributed by atoms with van der Waals surface area (Å²) in [5.41, 5.74) is -0.839. The van der Waals surface area contributed by atoms with Gasteiger partial charge in [-0.25, -0.2) is 0 Å². The van der Waals surface area contributed by atoms with E-state index in [-0.39, 0.29) is 19.6 Å². The first-order valence-electron chi connectivity index (χ1n) is 9.15. The monoisotopic (exact) mass is 346 g/mol. The lowest BCUT2D eigenvalue weighted by molar-refractivity contribution is -0.151. The highest BCUT2D eigenvalue weighted by molar-refractivity contribution is 5.74. The number of aliphatic carboxylic acids is 2. The van der Waals surface area contributed by atoms with Crippen LogP contribution in [0.15, 0.2) is 0 Å². The Kier molecular flexibility index (Phi) is 13.5. The van der Waals surface area contributed by atoms with Crippen molar-refractivity contribution in [3.63, 3.8) is 0 Å². The third-order valence-electron chi connectivity index (χ3n) is 4.63. The predicted octanol–water partition coefficient (Wildman–Crippen LogP) is 3.20. The van der Waals surface area contributed by atoms with Crippen molar-refractivity contribution in [3.05, 3.63) is 0 Å². The molecule has 0 atom stereocenters. The normalized spacial score (nSPS) is 11.6. The maximum absolute atomic E-state index is 11.9. The van der Waals surface area contributed by atoms with Crippen LogP contribution in [-0.4, -0.2) is 45.6 Å². The third kappa shape index (κ3) is 10.6. The average Bonchev–Trinajstić information content (AvgIpc) is 2.53. The average molecular weight is 346 g/mol. The summed E-state index contributed by atoms with van der Waals surface area (Å²) in [6.07, 6.45) is 8.51. The fourth-order valence-corrected chi connectivity index (χ4v) is 3.13. The molecule has 0 rings (SSSR count). The zero-order chi connectivity index (χ0) is 18.3. The van der Waals surface area contributed by atoms with E-state index in [0.717, 1.165) is 51.4 Å². The van der Waals surface area contributed by atoms with Gasteiger partial charge in [-0.2, -0.15) is 0 Å². The minimum atomic E-state index is -0.889. The number of unbranched alkanes of at least 4 members (excludes halogenated alkanes) is 6. The van der Waals surface area contributed by atoms with Crippen molar-refractivity contribution in [1.29, 1.82) is 0 Å². The molecule has 6 heteroatoms. The summed E-state index contributed by atoms with van der Waals surface area (Å²) >= 11 is 0. The largest absolute Gasteiger partial charge is 0.481 e. The second-order valence-corrected chi connectivity index (χ2v) is 6.61. The maximum Gasteiger partial charge on any atom is 0.309 e. The van der Waals surface area contributed by atoms with Crippen molar-refractivity contribution >= 4 is 11.9 Å². The molecule has 0 saturated carbocycles. The van der Waals surface area contributed by atoms with Gasteiger partial charge < -0.3 is 20.4 Å². The van der Waals surface area contributed by atoms with E-state index in [1.807, 2.05) is 0 Å². The van der Waals surface area contributed by atoms with Crippen LogP contribution in [0.1, 0.15) is 83.5 Å². The van der Waals surface area contributed by atoms with Gasteiger partial charge in [0.05, 0.1) is 5.41 Å². The smallest absolute Gasteiger partial charge is 0.309 e. The molecule has 0 aliphatic rings. The van der Waals surface area contributed by atoms with E-state index in [0.29, 0.717) is 25.7 Å². The van der Waals surface area contributed by atoms with E-state index in [1.54, 1.807) is 0 Å². The highest BCUT2D eigenvalue weighted by Gasteiger charge is 2.36. The zero-order valence-electron chi connectivity index (χ0n) is 14.7. The van der Waals surface area contributed by atoms with Crippen LogP contribution in [0.5, 0.6) is 0 Å². The van der Waals surface area contributed by atoms with Crippen LogP contribution < -0.4 is 0 Å². The molecule has 0 aromatic carbocycles. The first-order chi connectivity index (χ1) is 11.5. The summed E-state index contributed by atoms with van der Waals surface area (Å²) in [5.74, 6) is -1.71. The third-order valence-corrected chi connectivity index (χ3v) is 4.63. The van der Waals surface area contributed by atoms with Gasteiger partial charge in [-0.1, -0.05) is 38.5 Å². The van der Waals surface area contributed by atoms with Crippen molar-refractivity contribution in [2.75, 3.05) is 13.2 Å². The van der Waals surface area contributed by atoms with Crippen LogP contribution in [0.4, 0.5) is 0 Å². The quantitative estimate of drug-likeness (QED) is 0.301. The summed E-state index contributed by atoms with van der Waals surface area (Å²) in [6, 6.07) is 0. The lowest BCUT2D eigenvalue weighted by Crippen LogP contribution is -2.31. The molecule has 0 aliphatic heterocycles. The lowest BCUT2D eigenvalue weighted by Gasteiger charge is -2.30. The Balaban J connectivity index is 4.57. The van der Waals surface area contributed by atoms with Crippen LogP contribution in [0.2, 0.25) is 0 Å². The van der Waals surface area contributed by atoms with Gasteiger partial charge in [0.25, 0.3) is 0 Å². The highest BCUT2D eigenvalue weighted by atomic mass is 16.4. The summed E-state index contributed by atoms with van der Waals surface area (Å²) in [7, 11) is 0. The van der Waals surface area contributed by atoms with Crippen molar-refractivity contribution in [2.45, 2.75) is 83.5 Å². The molecule has 0 aromatic rings. The van der Waals surface area contributed by atoms with Gasteiger partial charge in [0.2, 0.25) is 0 Å². The highest BCUT2D eigenvalue weighted by Crippen LogP contribution is 2.37. The predicted molar refractivity (Wildman–Crippen MR) is 91.9 cm³/mol. The van der Waals surface area contributed by atoms with Gasteiger partial charge in [-0.05, 0) is 38.5 Å². The molecule has 0 radical (unpaired) electrons. The number of hydrogen-bond donors (Lipinski definition) is 4. The molecular weight excluding hydrogens is 312 g/mol. The maximum atomic E-state index is 11.9. The molecule has 0 spiro atoms. The number of hydrogen-bond acceptors (Lipinski definition) is 4. The molecule has 0 saturated heterocycles. The van der Waals surface area contributed by atoms with Crippen LogP contribution in [0.3, 0.4) is 0 Å². The minimum Gasteiger partial charge on any atom is -0.481 e. The lowest BCUT2D eigenvalue weighted by atomic mass is 9.74. The number of rotatable bonds is 17. The second-order valence-electron chi connectivity index (χ2n) is 6.61. The van der Waals surface area contributed by atoms with Gasteiger partial charge in [0, 0.05) is 19.6 Å². The molecule has 0 unspecified atom stereocenters. The van der Waals surface area contributed by atoms with Gasteiger partial charge in [-0.15, -0.1) is 0 Å². The van der Waals surface area contributed by atoms with Gasteiger partial charge in [0.15, 0.2) is 0 Å². The number of aliphatic hydroxyl groups excluding tert-OH is 2. The van der Waals surface area contributed by atoms with Gasteiger partial charge >= 0.3 is 11.9 Å². The Hall–Kier alpha value is -1.14. The van der Waals surface area contributed by atoms with Crippen molar-refractivity contribution in [1.82, 2.24) is 0 Å². The Morgan fingerprint density at radius 1 is 0.625 bits per heavy atom. The van der Waals surface area contributed by atoms with Crippen molar-refractivity contribution in [2.24, 2.45) is 5.41 Å². The molecular formula is C18H34O6. The fraction of sp³-hybridized carbons (Fsp3) is 0.889. The molecule has 24 heavy (non-hydrogen) atoms. The van der Waals surface area contributed by atoms with E-state index in [1.165, 1.54) is 0 Å². The van der Waals surface area contributed by atoms with E-state index in [2.05, 4.69) is 0 Å². The van der Waals surface area contributed by atoms with Crippen molar-refractivity contribution in [3.8, 4) is 0 Å². The van der Waals surface area contributed by atoms with Crippen molar-refractivity contribution < 1.29 is 30.0 Å². The van der Waals surface area contributed by atoms with E-state index >= 15 is 0 Å². The summed E-state index contributed by atoms with van der Waals surface area (Å²) in [4.78, 5) is 22.6. The Morgan fingerprint density at radius 3 is 1.42 bits per heavy atom. The fourth-order valence-electron chi connectivity index (χ4n) is 3.13. The van der Waals surface area contributed by atoms with Crippen LogP contribution in [0.25, 0.3) is 0 Å². The topological polar surface area (TPSA) is 115 Å². The summed E-state index contributed by atoms with van der Waals surface area (Å²) in [6.45, 7) is 0.321.